The summed E-state index contributed by atoms with van der Waals surface area (Å²) in [5.41, 5.74) is 4.95. The number of H-pyrrole nitrogens is 1. The molecule has 2 heterocycles. The molecule has 8 rings (SSSR count). The van der Waals surface area contributed by atoms with Gasteiger partial charge in [0.25, 0.3) is 0 Å². The number of likely N-dealkylation sites (tertiary alicyclic amines) is 1. The maximum absolute atomic E-state index is 3.81. The normalized spacial score (nSPS) is 41.3. The molecule has 0 amide bonds. The Morgan fingerprint density at radius 2 is 1.81 bits per heavy atom. The van der Waals surface area contributed by atoms with Crippen LogP contribution in [0.5, 0.6) is 0 Å². The van der Waals surface area contributed by atoms with Crippen molar-refractivity contribution in [3.8, 4) is 0 Å². The van der Waals surface area contributed by atoms with Crippen LogP contribution in [0.25, 0.3) is 10.9 Å². The van der Waals surface area contributed by atoms with Crippen LogP contribution in [0, 0.1) is 23.7 Å². The third-order valence-corrected chi connectivity index (χ3v) is 10.9. The van der Waals surface area contributed by atoms with E-state index < -0.39 is 0 Å². The topological polar surface area (TPSA) is 22.3 Å². The fraction of sp³-hybridized carbons (Fsp3) is 0.704. The molecule has 166 valence electrons. The van der Waals surface area contributed by atoms with Crippen molar-refractivity contribution in [2.75, 3.05) is 27.2 Å². The van der Waals surface area contributed by atoms with Crippen LogP contribution in [-0.4, -0.2) is 53.5 Å². The van der Waals surface area contributed by atoms with Gasteiger partial charge < -0.3 is 14.8 Å². The van der Waals surface area contributed by atoms with Crippen LogP contribution >= 0.6 is 15.9 Å². The predicted molar refractivity (Wildman–Crippen MR) is 131 cm³/mol. The molecule has 1 N–H and O–H groups in total. The Kier molecular flexibility index (Phi) is 4.33. The molecule has 2 aromatic rings. The molecule has 1 unspecified atom stereocenters. The number of piperidine rings is 1. The molecule has 1 aromatic carbocycles. The number of halogens is 1. The van der Waals surface area contributed by atoms with Crippen LogP contribution in [0.2, 0.25) is 0 Å². The van der Waals surface area contributed by atoms with Gasteiger partial charge in [-0.1, -0.05) is 12.1 Å². The molecule has 5 fully saturated rings. The minimum atomic E-state index is 0.537. The van der Waals surface area contributed by atoms with Gasteiger partial charge in [-0.25, -0.2) is 0 Å². The van der Waals surface area contributed by atoms with Gasteiger partial charge in [0, 0.05) is 41.5 Å². The van der Waals surface area contributed by atoms with E-state index in [1.807, 2.05) is 0 Å². The van der Waals surface area contributed by atoms with Crippen LogP contribution in [0.1, 0.15) is 62.0 Å². The summed E-state index contributed by atoms with van der Waals surface area (Å²) in [4.78, 5) is 9.17. The van der Waals surface area contributed by atoms with Crippen LogP contribution in [0.4, 0.5) is 0 Å². The number of fused-ring (bicyclic) bond motifs is 2. The Bertz CT molecular complexity index is 990. The molecule has 5 aliphatic carbocycles. The largest absolute Gasteiger partial charge is 0.349 e. The average molecular weight is 483 g/mol. The Morgan fingerprint density at radius 1 is 1.10 bits per heavy atom. The van der Waals surface area contributed by atoms with Crippen molar-refractivity contribution in [1.82, 2.24) is 14.8 Å². The van der Waals surface area contributed by atoms with Gasteiger partial charge in [-0.15, -0.1) is 0 Å². The minimum absolute atomic E-state index is 0.537. The minimum Gasteiger partial charge on any atom is -0.349 e. The zero-order valence-corrected chi connectivity index (χ0v) is 20.6. The van der Waals surface area contributed by atoms with Gasteiger partial charge in [0.05, 0.1) is 4.60 Å². The molecular formula is C27H36BrN3. The monoisotopic (exact) mass is 481 g/mol. The van der Waals surface area contributed by atoms with Crippen LogP contribution in [0.3, 0.4) is 0 Å². The lowest BCUT2D eigenvalue weighted by atomic mass is 9.52. The molecule has 6 aliphatic rings. The molecule has 3 atom stereocenters. The highest BCUT2D eigenvalue weighted by molar-refractivity contribution is 9.10. The van der Waals surface area contributed by atoms with Crippen molar-refractivity contribution >= 4 is 26.8 Å². The van der Waals surface area contributed by atoms with Crippen molar-refractivity contribution in [3.05, 3.63) is 33.9 Å². The van der Waals surface area contributed by atoms with Crippen LogP contribution in [-0.2, 0) is 6.42 Å². The van der Waals surface area contributed by atoms with Crippen molar-refractivity contribution in [2.24, 2.45) is 23.7 Å². The second-order valence-corrected chi connectivity index (χ2v) is 12.9. The number of rotatable bonds is 3. The van der Waals surface area contributed by atoms with Crippen LogP contribution in [0.15, 0.2) is 22.8 Å². The second kappa shape index (κ2) is 6.84. The lowest BCUT2D eigenvalue weighted by Gasteiger charge is -2.60. The maximum atomic E-state index is 3.81. The third-order valence-electron chi connectivity index (χ3n) is 10.2. The molecular weight excluding hydrogens is 446 g/mol. The van der Waals surface area contributed by atoms with E-state index in [-0.39, 0.29) is 0 Å². The van der Waals surface area contributed by atoms with Gasteiger partial charge in [0.2, 0.25) is 0 Å². The molecule has 4 heteroatoms. The highest BCUT2D eigenvalue weighted by Gasteiger charge is 2.53. The Labute approximate surface area is 195 Å². The van der Waals surface area contributed by atoms with Gasteiger partial charge in [-0.2, -0.15) is 0 Å². The Hall–Kier alpha value is -0.840. The van der Waals surface area contributed by atoms with Gasteiger partial charge in [0.1, 0.15) is 0 Å². The van der Waals surface area contributed by atoms with E-state index >= 15 is 0 Å². The zero-order valence-electron chi connectivity index (χ0n) is 19.0. The highest BCUT2D eigenvalue weighted by Crippen LogP contribution is 2.58. The fourth-order valence-electron chi connectivity index (χ4n) is 9.34. The fourth-order valence-corrected chi connectivity index (χ4v) is 9.92. The van der Waals surface area contributed by atoms with E-state index in [1.165, 1.54) is 66.3 Å². The molecule has 1 aliphatic heterocycles. The number of nitrogens with one attached hydrogen (secondary N) is 1. The van der Waals surface area contributed by atoms with Gasteiger partial charge in [-0.3, -0.25) is 0 Å². The smallest absolute Gasteiger partial charge is 0.0864 e. The van der Waals surface area contributed by atoms with E-state index in [0.717, 1.165) is 23.7 Å². The van der Waals surface area contributed by atoms with Gasteiger partial charge in [-0.05, 0) is 122 Å². The molecule has 1 aromatic heterocycles. The van der Waals surface area contributed by atoms with Crippen molar-refractivity contribution < 1.29 is 0 Å². The van der Waals surface area contributed by atoms with Crippen molar-refractivity contribution in [3.63, 3.8) is 0 Å². The number of hydrogen-bond donors (Lipinski definition) is 1. The second-order valence-electron chi connectivity index (χ2n) is 12.1. The Morgan fingerprint density at radius 3 is 2.52 bits per heavy atom. The molecule has 31 heavy (non-hydrogen) atoms. The van der Waals surface area contributed by atoms with Gasteiger partial charge in [0.15, 0.2) is 0 Å². The quantitative estimate of drug-likeness (QED) is 0.598. The summed E-state index contributed by atoms with van der Waals surface area (Å²) in [7, 11) is 4.88. The van der Waals surface area contributed by atoms with E-state index in [4.69, 9.17) is 0 Å². The molecule has 3 nitrogen and oxygen atoms in total. The van der Waals surface area contributed by atoms with Crippen molar-refractivity contribution in [1.29, 1.82) is 0 Å². The predicted octanol–water partition coefficient (Wildman–Crippen LogP) is 5.79. The summed E-state index contributed by atoms with van der Waals surface area (Å²) in [5, 5.41) is 1.51. The van der Waals surface area contributed by atoms with E-state index in [1.54, 1.807) is 24.8 Å². The van der Waals surface area contributed by atoms with Crippen molar-refractivity contribution in [2.45, 2.75) is 68.9 Å². The van der Waals surface area contributed by atoms with E-state index in [0.29, 0.717) is 17.5 Å². The summed E-state index contributed by atoms with van der Waals surface area (Å²) < 4.78 is 1.20. The first-order chi connectivity index (χ1) is 15.0. The number of aromatic nitrogens is 1. The number of hydrogen-bond acceptors (Lipinski definition) is 2. The molecule has 1 saturated heterocycles. The lowest BCUT2D eigenvalue weighted by molar-refractivity contribution is -0.0866. The summed E-state index contributed by atoms with van der Waals surface area (Å²) in [6, 6.07) is 7.57. The van der Waals surface area contributed by atoms with Crippen LogP contribution < -0.4 is 0 Å². The van der Waals surface area contributed by atoms with E-state index in [2.05, 4.69) is 63.0 Å². The summed E-state index contributed by atoms with van der Waals surface area (Å²) in [6.07, 6.45) is 11.6. The maximum Gasteiger partial charge on any atom is 0.0864 e. The van der Waals surface area contributed by atoms with Gasteiger partial charge >= 0.3 is 0 Å². The lowest BCUT2D eigenvalue weighted by Crippen LogP contribution is -2.60. The number of likely N-dealkylation sites (N-methyl/N-ethyl adjacent to an activating group) is 1. The third kappa shape index (κ3) is 2.90. The summed E-state index contributed by atoms with van der Waals surface area (Å²) in [6.45, 7) is 2.55. The molecule has 0 spiro atoms. The van der Waals surface area contributed by atoms with E-state index in [9.17, 15) is 0 Å². The Balaban J connectivity index is 1.16. The average Bonchev–Trinajstić information content (AvgIpc) is 3.04. The summed E-state index contributed by atoms with van der Waals surface area (Å²) >= 11 is 3.81. The number of benzene rings is 1. The standard InChI is InChI=1S/C27H36BrN3/c1-30-14-19(15-31(2)27-11-16-6-17(12-27)8-18(7-16)13-27)9-21-20-4-3-5-23-25(20)22(10-24(21)30)26(28)29-23/h3-5,16-19,21,24,29H,6-15H2,1-2H3/t16?,17?,18?,19-,21?,24-,27?/m1/s1. The molecule has 4 bridgehead atoms. The zero-order chi connectivity index (χ0) is 20.9. The molecule has 4 saturated carbocycles. The highest BCUT2D eigenvalue weighted by atomic mass is 79.9. The number of nitrogens with zero attached hydrogens (tertiary/aromatic N) is 2. The number of aromatic amines is 1. The summed E-state index contributed by atoms with van der Waals surface area (Å²) in [5.74, 6) is 4.56. The SMILES string of the molecule is CN1C[C@H](CN(C)C23CC4CC(CC(C4)C2)C3)CC2c3cccc4[nH]c(Br)c(c34)C[C@H]21. The first kappa shape index (κ1) is 19.6. The first-order valence-electron chi connectivity index (χ1n) is 12.7. The molecule has 0 radical (unpaired) electrons. The first-order valence-corrected chi connectivity index (χ1v) is 13.5.